The van der Waals surface area contributed by atoms with Gasteiger partial charge in [0.25, 0.3) is 0 Å². The minimum atomic E-state index is -0.379. The van der Waals surface area contributed by atoms with Crippen molar-refractivity contribution in [3.63, 3.8) is 0 Å². The highest BCUT2D eigenvalue weighted by Crippen LogP contribution is 2.36. The summed E-state index contributed by atoms with van der Waals surface area (Å²) in [5.41, 5.74) is 3.09. The van der Waals surface area contributed by atoms with Crippen molar-refractivity contribution in [1.82, 2.24) is 9.38 Å². The van der Waals surface area contributed by atoms with Gasteiger partial charge in [-0.3, -0.25) is 0 Å². The third kappa shape index (κ3) is 2.86. The molecule has 25 heavy (non-hydrogen) atoms. The van der Waals surface area contributed by atoms with Gasteiger partial charge in [0.05, 0.1) is 16.9 Å². The number of pyridine rings is 1. The molecule has 0 bridgehead atoms. The van der Waals surface area contributed by atoms with E-state index >= 15 is 0 Å². The molecule has 128 valence electrons. The molecule has 4 nitrogen and oxygen atoms in total. The minimum absolute atomic E-state index is 0.351. The van der Waals surface area contributed by atoms with Crippen LogP contribution < -0.4 is 5.46 Å². The van der Waals surface area contributed by atoms with Gasteiger partial charge in [0.15, 0.2) is 0 Å². The summed E-state index contributed by atoms with van der Waals surface area (Å²) in [6.45, 7) is 8.23. The van der Waals surface area contributed by atoms with E-state index in [-0.39, 0.29) is 18.3 Å². The zero-order valence-electron chi connectivity index (χ0n) is 14.8. The molecule has 0 radical (unpaired) electrons. The van der Waals surface area contributed by atoms with Crippen LogP contribution in [-0.4, -0.2) is 27.7 Å². The van der Waals surface area contributed by atoms with Crippen LogP contribution in [0.5, 0.6) is 0 Å². The molecule has 0 aliphatic carbocycles. The van der Waals surface area contributed by atoms with Crippen LogP contribution in [0.3, 0.4) is 0 Å². The minimum Gasteiger partial charge on any atom is -0.399 e. The molecule has 0 unspecified atom stereocenters. The van der Waals surface area contributed by atoms with Gasteiger partial charge in [-0.25, -0.2) is 4.98 Å². The highest BCUT2D eigenvalue weighted by Gasteiger charge is 2.51. The number of aromatic nitrogens is 2. The van der Waals surface area contributed by atoms with E-state index in [0.29, 0.717) is 0 Å². The van der Waals surface area contributed by atoms with Gasteiger partial charge in [0.2, 0.25) is 0 Å². The van der Waals surface area contributed by atoms with Crippen molar-refractivity contribution in [2.24, 2.45) is 0 Å². The molecule has 3 aromatic rings. The first-order valence-electron chi connectivity index (χ1n) is 8.35. The van der Waals surface area contributed by atoms with Crippen LogP contribution in [0.15, 0.2) is 48.8 Å². The molecule has 1 aliphatic rings. The lowest BCUT2D eigenvalue weighted by Crippen LogP contribution is -2.41. The van der Waals surface area contributed by atoms with E-state index in [1.807, 2.05) is 53.2 Å². The van der Waals surface area contributed by atoms with Crippen molar-refractivity contribution < 1.29 is 9.31 Å². The van der Waals surface area contributed by atoms with Crippen molar-refractivity contribution in [3.05, 3.63) is 53.8 Å². The summed E-state index contributed by atoms with van der Waals surface area (Å²) in [6.07, 6.45) is 4.03. The first-order chi connectivity index (χ1) is 11.7. The van der Waals surface area contributed by atoms with Crippen LogP contribution in [0.1, 0.15) is 27.7 Å². The van der Waals surface area contributed by atoms with Gasteiger partial charge in [-0.05, 0) is 51.4 Å². The molecule has 0 N–H and O–H groups in total. The van der Waals surface area contributed by atoms with Crippen LogP contribution in [0.4, 0.5) is 0 Å². The normalized spacial score (nSPS) is 18.8. The summed E-state index contributed by atoms with van der Waals surface area (Å²) in [7, 11) is -0.379. The molecule has 1 saturated heterocycles. The topological polar surface area (TPSA) is 35.8 Å². The second-order valence-electron chi connectivity index (χ2n) is 7.45. The zero-order chi connectivity index (χ0) is 17.8. The summed E-state index contributed by atoms with van der Waals surface area (Å²) in [5.74, 6) is 0. The van der Waals surface area contributed by atoms with Crippen LogP contribution in [-0.2, 0) is 9.31 Å². The number of halogens is 1. The Balaban J connectivity index is 1.68. The number of hydrogen-bond acceptors (Lipinski definition) is 3. The Labute approximate surface area is 152 Å². The monoisotopic (exact) mass is 354 g/mol. The van der Waals surface area contributed by atoms with Gasteiger partial charge < -0.3 is 13.7 Å². The molecule has 3 heterocycles. The number of hydrogen-bond donors (Lipinski definition) is 0. The van der Waals surface area contributed by atoms with E-state index in [4.69, 9.17) is 20.9 Å². The number of rotatable bonds is 2. The number of benzene rings is 1. The van der Waals surface area contributed by atoms with E-state index in [1.54, 1.807) is 0 Å². The maximum absolute atomic E-state index is 6.13. The van der Waals surface area contributed by atoms with Gasteiger partial charge in [0.1, 0.15) is 5.65 Å². The fraction of sp³-hybridized carbons (Fsp3) is 0.316. The fourth-order valence-corrected chi connectivity index (χ4v) is 3.01. The van der Waals surface area contributed by atoms with Gasteiger partial charge in [-0.15, -0.1) is 0 Å². The van der Waals surface area contributed by atoms with Crippen molar-refractivity contribution in [2.45, 2.75) is 38.9 Å². The highest BCUT2D eigenvalue weighted by atomic mass is 35.5. The summed E-state index contributed by atoms with van der Waals surface area (Å²) < 4.78 is 14.3. The first-order valence-corrected chi connectivity index (χ1v) is 8.73. The first kappa shape index (κ1) is 16.6. The predicted octanol–water partition coefficient (Wildman–Crippen LogP) is 3.95. The average Bonchev–Trinajstić information content (AvgIpc) is 3.05. The van der Waals surface area contributed by atoms with Gasteiger partial charge >= 0.3 is 7.12 Å². The van der Waals surface area contributed by atoms with E-state index < -0.39 is 0 Å². The zero-order valence-corrected chi connectivity index (χ0v) is 15.5. The standard InChI is InChI=1S/C19H20BClN2O2/c1-18(2)19(3,4)25-20(24-18)14-7-10-17-22-16(12-23(17)11-14)13-5-8-15(21)9-6-13/h5-12H,1-4H3. The Morgan fingerprint density at radius 1 is 0.920 bits per heavy atom. The van der Waals surface area contributed by atoms with E-state index in [9.17, 15) is 0 Å². The SMILES string of the molecule is CC1(C)OB(c2ccc3nc(-c4ccc(Cl)cc4)cn3c2)OC1(C)C. The molecular weight excluding hydrogens is 334 g/mol. The van der Waals surface area contributed by atoms with Gasteiger partial charge in [0, 0.05) is 23.0 Å². The van der Waals surface area contributed by atoms with Gasteiger partial charge in [-0.1, -0.05) is 29.8 Å². The molecule has 1 aliphatic heterocycles. The quantitative estimate of drug-likeness (QED) is 0.654. The van der Waals surface area contributed by atoms with Crippen molar-refractivity contribution >= 4 is 29.8 Å². The van der Waals surface area contributed by atoms with Crippen molar-refractivity contribution in [3.8, 4) is 11.3 Å². The van der Waals surface area contributed by atoms with Crippen LogP contribution in [0.25, 0.3) is 16.9 Å². The molecule has 2 aromatic heterocycles. The lowest BCUT2D eigenvalue weighted by molar-refractivity contribution is 0.00578. The van der Waals surface area contributed by atoms with Crippen LogP contribution in [0, 0.1) is 0 Å². The molecule has 0 amide bonds. The molecule has 0 atom stereocenters. The second kappa shape index (κ2) is 5.59. The second-order valence-corrected chi connectivity index (χ2v) is 7.89. The molecular formula is C19H20BClN2O2. The molecule has 1 fully saturated rings. The van der Waals surface area contributed by atoms with Gasteiger partial charge in [-0.2, -0.15) is 0 Å². The number of fused-ring (bicyclic) bond motifs is 1. The largest absolute Gasteiger partial charge is 0.496 e. The predicted molar refractivity (Wildman–Crippen MR) is 101 cm³/mol. The number of nitrogens with zero attached hydrogens (tertiary/aromatic N) is 2. The Hall–Kier alpha value is -1.82. The van der Waals surface area contributed by atoms with Crippen LogP contribution in [0.2, 0.25) is 5.02 Å². The lowest BCUT2D eigenvalue weighted by Gasteiger charge is -2.32. The molecule has 0 saturated carbocycles. The molecule has 4 rings (SSSR count). The third-order valence-corrected chi connectivity index (χ3v) is 5.39. The van der Waals surface area contributed by atoms with Crippen molar-refractivity contribution in [1.29, 1.82) is 0 Å². The van der Waals surface area contributed by atoms with E-state index in [0.717, 1.165) is 27.4 Å². The Morgan fingerprint density at radius 2 is 1.56 bits per heavy atom. The highest BCUT2D eigenvalue weighted by molar-refractivity contribution is 6.62. The summed E-state index contributed by atoms with van der Waals surface area (Å²) >= 11 is 5.96. The fourth-order valence-electron chi connectivity index (χ4n) is 2.89. The molecule has 6 heteroatoms. The third-order valence-electron chi connectivity index (χ3n) is 5.14. The summed E-state index contributed by atoms with van der Waals surface area (Å²) in [5, 5.41) is 0.718. The maximum Gasteiger partial charge on any atom is 0.496 e. The van der Waals surface area contributed by atoms with E-state index in [2.05, 4.69) is 32.7 Å². The van der Waals surface area contributed by atoms with Crippen LogP contribution >= 0.6 is 11.6 Å². The Kier molecular flexibility index (Phi) is 3.72. The Bertz CT molecular complexity index is 918. The average molecular weight is 355 g/mol. The maximum atomic E-state index is 6.13. The van der Waals surface area contributed by atoms with E-state index in [1.165, 1.54) is 0 Å². The summed E-state index contributed by atoms with van der Waals surface area (Å²) in [4.78, 5) is 4.68. The Morgan fingerprint density at radius 3 is 2.20 bits per heavy atom. The molecule has 1 aromatic carbocycles. The smallest absolute Gasteiger partial charge is 0.399 e. The summed E-state index contributed by atoms with van der Waals surface area (Å²) in [6, 6.07) is 11.7. The molecule has 0 spiro atoms. The lowest BCUT2D eigenvalue weighted by atomic mass is 9.80. The number of imidazole rings is 1. The van der Waals surface area contributed by atoms with Crippen molar-refractivity contribution in [2.75, 3.05) is 0 Å².